The van der Waals surface area contributed by atoms with Crippen molar-refractivity contribution < 1.29 is 22.8 Å². The lowest BCUT2D eigenvalue weighted by molar-refractivity contribution is -0.137. The molecule has 2 heterocycles. The zero-order valence-corrected chi connectivity index (χ0v) is 16.8. The van der Waals surface area contributed by atoms with Crippen molar-refractivity contribution in [2.45, 2.75) is 25.6 Å². The molecule has 0 saturated heterocycles. The maximum Gasteiger partial charge on any atom is 0.417 e. The second-order valence-electron chi connectivity index (χ2n) is 7.00. The first kappa shape index (κ1) is 22.7. The lowest BCUT2D eigenvalue weighted by Crippen LogP contribution is -2.33. The van der Waals surface area contributed by atoms with Gasteiger partial charge in [0.25, 0.3) is 5.91 Å². The van der Waals surface area contributed by atoms with Crippen molar-refractivity contribution in [2.24, 2.45) is 11.5 Å². The Bertz CT molecular complexity index is 1130. The lowest BCUT2D eigenvalue weighted by Gasteiger charge is -2.13. The van der Waals surface area contributed by atoms with Gasteiger partial charge in [0, 0.05) is 29.9 Å². The molecule has 8 nitrogen and oxygen atoms in total. The van der Waals surface area contributed by atoms with E-state index in [4.69, 9.17) is 11.5 Å². The van der Waals surface area contributed by atoms with Crippen LogP contribution in [0, 0.1) is 0 Å². The number of anilines is 1. The summed E-state index contributed by atoms with van der Waals surface area (Å²) in [6.45, 7) is 1.54. The molecular formula is C21H19F3N6O2. The van der Waals surface area contributed by atoms with Crippen LogP contribution in [0.2, 0.25) is 0 Å². The molecule has 2 amide bonds. The number of nitrogens with two attached hydrogens (primary N) is 2. The van der Waals surface area contributed by atoms with E-state index in [0.717, 1.165) is 17.8 Å². The summed E-state index contributed by atoms with van der Waals surface area (Å²) < 4.78 is 38.0. The lowest BCUT2D eigenvalue weighted by atomic mass is 10.1. The first-order valence-electron chi connectivity index (χ1n) is 9.39. The van der Waals surface area contributed by atoms with E-state index in [0.29, 0.717) is 17.7 Å². The number of rotatable bonds is 7. The van der Waals surface area contributed by atoms with Gasteiger partial charge in [-0.2, -0.15) is 13.2 Å². The molecule has 11 heteroatoms. The molecule has 3 aromatic rings. The van der Waals surface area contributed by atoms with E-state index in [1.807, 2.05) is 0 Å². The summed E-state index contributed by atoms with van der Waals surface area (Å²) in [5.41, 5.74) is 11.6. The molecule has 0 bridgehead atoms. The number of carbonyl (C=O) groups is 2. The van der Waals surface area contributed by atoms with Crippen LogP contribution < -0.4 is 16.8 Å². The summed E-state index contributed by atoms with van der Waals surface area (Å²) in [6.07, 6.45) is -3.31. The number of alkyl halides is 3. The molecule has 0 aliphatic heterocycles. The Kier molecular flexibility index (Phi) is 6.37. The fourth-order valence-electron chi connectivity index (χ4n) is 2.75. The van der Waals surface area contributed by atoms with Gasteiger partial charge in [0.15, 0.2) is 5.82 Å². The third kappa shape index (κ3) is 5.56. The van der Waals surface area contributed by atoms with E-state index >= 15 is 0 Å². The standard InChI is InChI=1S/C21H19F3N6O2/c1-11(18(25)31)28-17-9-16(19(26)32)29-20(30-17)13-4-2-12(3-5-13)8-15-7-6-14(10-27-15)21(22,23)24/h2-7,9-11H,8H2,1H3,(H2,25,31)(H2,26,32)(H,28,29,30)/t11-/m0/s1. The molecule has 1 aromatic carbocycles. The summed E-state index contributed by atoms with van der Waals surface area (Å²) in [5.74, 6) is -0.978. The van der Waals surface area contributed by atoms with E-state index in [9.17, 15) is 22.8 Å². The van der Waals surface area contributed by atoms with Crippen molar-refractivity contribution in [3.63, 3.8) is 0 Å². The third-order valence-corrected chi connectivity index (χ3v) is 4.52. The Balaban J connectivity index is 1.82. The first-order valence-corrected chi connectivity index (χ1v) is 9.39. The average molecular weight is 444 g/mol. The van der Waals surface area contributed by atoms with Crippen molar-refractivity contribution in [1.29, 1.82) is 0 Å². The van der Waals surface area contributed by atoms with Crippen LogP contribution in [-0.4, -0.2) is 32.8 Å². The van der Waals surface area contributed by atoms with Crippen LogP contribution in [0.25, 0.3) is 11.4 Å². The number of benzene rings is 1. The number of pyridine rings is 1. The summed E-state index contributed by atoms with van der Waals surface area (Å²) in [5, 5.41) is 2.78. The highest BCUT2D eigenvalue weighted by Gasteiger charge is 2.30. The molecule has 5 N–H and O–H groups in total. The third-order valence-electron chi connectivity index (χ3n) is 4.52. The molecule has 166 valence electrons. The average Bonchev–Trinajstić information content (AvgIpc) is 2.73. The minimum absolute atomic E-state index is 0.0489. The van der Waals surface area contributed by atoms with Gasteiger partial charge in [0.1, 0.15) is 17.6 Å². The Morgan fingerprint density at radius 3 is 2.28 bits per heavy atom. The number of primary amides is 2. The van der Waals surface area contributed by atoms with E-state index in [1.54, 1.807) is 24.3 Å². The number of amides is 2. The van der Waals surface area contributed by atoms with Gasteiger partial charge in [0.2, 0.25) is 5.91 Å². The summed E-state index contributed by atoms with van der Waals surface area (Å²) >= 11 is 0. The van der Waals surface area contributed by atoms with E-state index in [2.05, 4.69) is 20.3 Å². The quantitative estimate of drug-likeness (QED) is 0.512. The second-order valence-corrected chi connectivity index (χ2v) is 7.00. The topological polar surface area (TPSA) is 137 Å². The Hall–Kier alpha value is -4.02. The van der Waals surface area contributed by atoms with Crippen molar-refractivity contribution in [1.82, 2.24) is 15.0 Å². The van der Waals surface area contributed by atoms with Gasteiger partial charge < -0.3 is 16.8 Å². The Morgan fingerprint density at radius 1 is 1.06 bits per heavy atom. The van der Waals surface area contributed by atoms with Crippen LogP contribution in [-0.2, 0) is 17.4 Å². The van der Waals surface area contributed by atoms with Crippen LogP contribution in [0.3, 0.4) is 0 Å². The number of hydrogen-bond donors (Lipinski definition) is 3. The van der Waals surface area contributed by atoms with Gasteiger partial charge in [-0.15, -0.1) is 0 Å². The smallest absolute Gasteiger partial charge is 0.368 e. The van der Waals surface area contributed by atoms with E-state index < -0.39 is 29.6 Å². The van der Waals surface area contributed by atoms with Gasteiger partial charge in [-0.1, -0.05) is 24.3 Å². The minimum atomic E-state index is -4.43. The zero-order chi connectivity index (χ0) is 23.5. The first-order chi connectivity index (χ1) is 15.0. The van der Waals surface area contributed by atoms with Gasteiger partial charge >= 0.3 is 6.18 Å². The van der Waals surface area contributed by atoms with Gasteiger partial charge in [0.05, 0.1) is 5.56 Å². The van der Waals surface area contributed by atoms with E-state index in [-0.39, 0.29) is 17.3 Å². The fourth-order valence-corrected chi connectivity index (χ4v) is 2.75. The highest BCUT2D eigenvalue weighted by Crippen LogP contribution is 2.28. The molecule has 0 aliphatic carbocycles. The van der Waals surface area contributed by atoms with Gasteiger partial charge in [-0.25, -0.2) is 9.97 Å². The number of aromatic nitrogens is 3. The maximum absolute atomic E-state index is 12.7. The van der Waals surface area contributed by atoms with Crippen LogP contribution in [0.5, 0.6) is 0 Å². The normalized spacial score (nSPS) is 12.2. The van der Waals surface area contributed by atoms with Crippen LogP contribution in [0.15, 0.2) is 48.7 Å². The molecule has 0 unspecified atom stereocenters. The summed E-state index contributed by atoms with van der Waals surface area (Å²) in [7, 11) is 0. The Labute approximate surface area is 180 Å². The molecule has 0 fully saturated rings. The monoisotopic (exact) mass is 444 g/mol. The molecule has 32 heavy (non-hydrogen) atoms. The number of halogens is 3. The highest BCUT2D eigenvalue weighted by molar-refractivity contribution is 5.92. The van der Waals surface area contributed by atoms with Gasteiger partial charge in [-0.3, -0.25) is 14.6 Å². The fraction of sp³-hybridized carbons (Fsp3) is 0.190. The zero-order valence-electron chi connectivity index (χ0n) is 16.8. The second kappa shape index (κ2) is 9.00. The van der Waals surface area contributed by atoms with Crippen LogP contribution >= 0.6 is 0 Å². The highest BCUT2D eigenvalue weighted by atomic mass is 19.4. The number of nitrogens with zero attached hydrogens (tertiary/aromatic N) is 3. The number of carbonyl (C=O) groups excluding carboxylic acids is 2. The van der Waals surface area contributed by atoms with Crippen molar-refractivity contribution in [2.75, 3.05) is 5.32 Å². The van der Waals surface area contributed by atoms with Crippen molar-refractivity contribution in [3.8, 4) is 11.4 Å². The van der Waals surface area contributed by atoms with Crippen LogP contribution in [0.1, 0.15) is 34.2 Å². The van der Waals surface area contributed by atoms with Crippen molar-refractivity contribution in [3.05, 3.63) is 71.2 Å². The molecule has 0 aliphatic rings. The maximum atomic E-state index is 12.7. The predicted molar refractivity (Wildman–Crippen MR) is 110 cm³/mol. The minimum Gasteiger partial charge on any atom is -0.368 e. The van der Waals surface area contributed by atoms with Crippen LogP contribution in [0.4, 0.5) is 19.0 Å². The number of hydrogen-bond acceptors (Lipinski definition) is 6. The molecule has 3 rings (SSSR count). The van der Waals surface area contributed by atoms with E-state index in [1.165, 1.54) is 19.1 Å². The molecule has 1 atom stereocenters. The van der Waals surface area contributed by atoms with Crippen molar-refractivity contribution >= 4 is 17.6 Å². The molecular weight excluding hydrogens is 425 g/mol. The number of nitrogens with one attached hydrogen (secondary N) is 1. The summed E-state index contributed by atoms with van der Waals surface area (Å²) in [6, 6.07) is 9.77. The Morgan fingerprint density at radius 2 is 1.75 bits per heavy atom. The predicted octanol–water partition coefficient (Wildman–Crippen LogP) is 2.53. The summed E-state index contributed by atoms with van der Waals surface area (Å²) in [4.78, 5) is 35.2. The molecule has 2 aromatic heterocycles. The SMILES string of the molecule is C[C@H](Nc1cc(C(N)=O)nc(-c2ccc(Cc3ccc(C(F)(F)F)cn3)cc2)n1)C(N)=O. The van der Waals surface area contributed by atoms with Gasteiger partial charge in [-0.05, 0) is 24.6 Å². The largest absolute Gasteiger partial charge is 0.417 e. The molecule has 0 radical (unpaired) electrons. The molecule has 0 spiro atoms. The molecule has 0 saturated carbocycles.